The smallest absolute Gasteiger partial charge is 0.338 e. The number of phenolic OH excluding ortho intramolecular Hbond substituents is 1. The van der Waals surface area contributed by atoms with Crippen LogP contribution in [0.2, 0.25) is 0 Å². The van der Waals surface area contributed by atoms with Crippen LogP contribution >= 0.6 is 0 Å². The van der Waals surface area contributed by atoms with Crippen LogP contribution in [0.4, 0.5) is 0 Å². The quantitative estimate of drug-likeness (QED) is 0.766. The summed E-state index contributed by atoms with van der Waals surface area (Å²) in [5, 5.41) is 10.2. The normalized spacial score (nSPS) is 10.5. The number of phenols is 1. The van der Waals surface area contributed by atoms with Crippen LogP contribution in [0.15, 0.2) is 28.9 Å². The molecule has 0 aliphatic carbocycles. The van der Waals surface area contributed by atoms with Crippen molar-refractivity contribution in [2.45, 2.75) is 6.92 Å². The summed E-state index contributed by atoms with van der Waals surface area (Å²) < 4.78 is 9.87. The zero-order chi connectivity index (χ0) is 10.8. The SMILES string of the molecule is CCOC(=O)c1cc(O)c2occc2c1. The molecule has 0 bridgehead atoms. The second kappa shape index (κ2) is 3.65. The van der Waals surface area contributed by atoms with E-state index in [0.29, 0.717) is 23.1 Å². The van der Waals surface area contributed by atoms with Crippen molar-refractivity contribution in [2.75, 3.05) is 6.61 Å². The third-order valence-electron chi connectivity index (χ3n) is 2.04. The van der Waals surface area contributed by atoms with Crippen LogP contribution in [0.1, 0.15) is 17.3 Å². The topological polar surface area (TPSA) is 59.7 Å². The number of furan rings is 1. The molecule has 0 aliphatic rings. The number of fused-ring (bicyclic) bond motifs is 1. The van der Waals surface area contributed by atoms with Crippen molar-refractivity contribution in [3.05, 3.63) is 30.0 Å². The van der Waals surface area contributed by atoms with Gasteiger partial charge >= 0.3 is 5.97 Å². The van der Waals surface area contributed by atoms with Crippen LogP contribution in [0.5, 0.6) is 5.75 Å². The molecule has 4 nitrogen and oxygen atoms in total. The highest BCUT2D eigenvalue weighted by Crippen LogP contribution is 2.27. The van der Waals surface area contributed by atoms with E-state index < -0.39 is 5.97 Å². The lowest BCUT2D eigenvalue weighted by Gasteiger charge is -2.02. The van der Waals surface area contributed by atoms with Gasteiger partial charge in [-0.05, 0) is 25.1 Å². The molecule has 0 atom stereocenters. The van der Waals surface area contributed by atoms with Gasteiger partial charge in [0, 0.05) is 5.39 Å². The van der Waals surface area contributed by atoms with Crippen molar-refractivity contribution in [1.29, 1.82) is 0 Å². The van der Waals surface area contributed by atoms with Gasteiger partial charge < -0.3 is 14.3 Å². The fraction of sp³-hybridized carbons (Fsp3) is 0.182. The van der Waals surface area contributed by atoms with E-state index in [-0.39, 0.29) is 5.75 Å². The number of benzene rings is 1. The Bertz CT molecular complexity index is 498. The monoisotopic (exact) mass is 206 g/mol. The highest BCUT2D eigenvalue weighted by Gasteiger charge is 2.12. The zero-order valence-corrected chi connectivity index (χ0v) is 8.19. The molecule has 0 radical (unpaired) electrons. The number of carbonyl (C=O) groups excluding carboxylic acids is 1. The molecule has 1 heterocycles. The van der Waals surface area contributed by atoms with Crippen LogP contribution < -0.4 is 0 Å². The predicted molar refractivity (Wildman–Crippen MR) is 53.8 cm³/mol. The van der Waals surface area contributed by atoms with Crippen molar-refractivity contribution in [3.63, 3.8) is 0 Å². The number of aromatic hydroxyl groups is 1. The lowest BCUT2D eigenvalue weighted by Crippen LogP contribution is -2.04. The Hall–Kier alpha value is -1.97. The van der Waals surface area contributed by atoms with E-state index in [1.54, 1.807) is 19.1 Å². The first kappa shape index (κ1) is 9.58. The van der Waals surface area contributed by atoms with Gasteiger partial charge in [0.2, 0.25) is 0 Å². The largest absolute Gasteiger partial charge is 0.504 e. The summed E-state index contributed by atoms with van der Waals surface area (Å²) in [7, 11) is 0. The minimum atomic E-state index is -0.448. The van der Waals surface area contributed by atoms with Crippen molar-refractivity contribution in [2.24, 2.45) is 0 Å². The Kier molecular flexibility index (Phi) is 2.33. The number of rotatable bonds is 2. The number of carbonyl (C=O) groups is 1. The molecule has 0 fully saturated rings. The molecule has 1 aromatic heterocycles. The molecule has 1 N–H and O–H groups in total. The maximum absolute atomic E-state index is 11.4. The van der Waals surface area contributed by atoms with Crippen molar-refractivity contribution < 1.29 is 19.1 Å². The fourth-order valence-electron chi connectivity index (χ4n) is 1.40. The molecule has 0 saturated heterocycles. The third-order valence-corrected chi connectivity index (χ3v) is 2.04. The van der Waals surface area contributed by atoms with Crippen LogP contribution in [-0.2, 0) is 4.74 Å². The van der Waals surface area contributed by atoms with Gasteiger partial charge in [-0.2, -0.15) is 0 Å². The molecule has 1 aromatic carbocycles. The minimum Gasteiger partial charge on any atom is -0.504 e. The molecule has 2 rings (SSSR count). The molecule has 0 unspecified atom stereocenters. The molecule has 0 spiro atoms. The van der Waals surface area contributed by atoms with Gasteiger partial charge in [0.1, 0.15) is 0 Å². The van der Waals surface area contributed by atoms with Crippen molar-refractivity contribution in [1.82, 2.24) is 0 Å². The minimum absolute atomic E-state index is 0.0550. The lowest BCUT2D eigenvalue weighted by atomic mass is 10.1. The Morgan fingerprint density at radius 1 is 1.53 bits per heavy atom. The van der Waals surface area contributed by atoms with Gasteiger partial charge in [-0.1, -0.05) is 0 Å². The lowest BCUT2D eigenvalue weighted by molar-refractivity contribution is 0.0526. The second-order valence-electron chi connectivity index (χ2n) is 3.05. The third kappa shape index (κ3) is 1.66. The zero-order valence-electron chi connectivity index (χ0n) is 8.19. The summed E-state index contributed by atoms with van der Waals surface area (Å²) in [6.45, 7) is 2.04. The molecular weight excluding hydrogens is 196 g/mol. The van der Waals surface area contributed by atoms with E-state index in [0.717, 1.165) is 0 Å². The summed E-state index contributed by atoms with van der Waals surface area (Å²) in [6, 6.07) is 4.64. The molecule has 2 aromatic rings. The van der Waals surface area contributed by atoms with Gasteiger partial charge in [0.15, 0.2) is 11.3 Å². The van der Waals surface area contributed by atoms with Gasteiger partial charge in [-0.15, -0.1) is 0 Å². The van der Waals surface area contributed by atoms with E-state index in [9.17, 15) is 9.90 Å². The Labute approximate surface area is 86.1 Å². The van der Waals surface area contributed by atoms with Crippen LogP contribution in [-0.4, -0.2) is 17.7 Å². The number of hydrogen-bond acceptors (Lipinski definition) is 4. The average molecular weight is 206 g/mol. The molecule has 0 aliphatic heterocycles. The molecule has 78 valence electrons. The first-order valence-electron chi connectivity index (χ1n) is 4.59. The Morgan fingerprint density at radius 2 is 2.33 bits per heavy atom. The Morgan fingerprint density at radius 3 is 3.07 bits per heavy atom. The van der Waals surface area contributed by atoms with Crippen molar-refractivity contribution >= 4 is 16.9 Å². The van der Waals surface area contributed by atoms with Gasteiger partial charge in [0.05, 0.1) is 18.4 Å². The maximum Gasteiger partial charge on any atom is 0.338 e. The number of hydrogen-bond donors (Lipinski definition) is 1. The summed E-state index contributed by atoms with van der Waals surface area (Å²) in [4.78, 5) is 11.4. The predicted octanol–water partition coefficient (Wildman–Crippen LogP) is 2.32. The average Bonchev–Trinajstić information content (AvgIpc) is 2.66. The van der Waals surface area contributed by atoms with Gasteiger partial charge in [-0.25, -0.2) is 4.79 Å². The van der Waals surface area contributed by atoms with Crippen molar-refractivity contribution in [3.8, 4) is 5.75 Å². The summed E-state index contributed by atoms with van der Waals surface area (Å²) in [5.41, 5.74) is 0.700. The van der Waals surface area contributed by atoms with Gasteiger partial charge in [0.25, 0.3) is 0 Å². The maximum atomic E-state index is 11.4. The van der Waals surface area contributed by atoms with E-state index in [4.69, 9.17) is 9.15 Å². The van der Waals surface area contributed by atoms with Crippen LogP contribution in [0, 0.1) is 0 Å². The molecule has 0 saturated carbocycles. The second-order valence-corrected chi connectivity index (χ2v) is 3.05. The highest BCUT2D eigenvalue weighted by molar-refractivity contribution is 5.96. The van der Waals surface area contributed by atoms with Gasteiger partial charge in [-0.3, -0.25) is 0 Å². The molecule has 0 amide bonds. The first-order valence-corrected chi connectivity index (χ1v) is 4.59. The van der Waals surface area contributed by atoms with Crippen LogP contribution in [0.3, 0.4) is 0 Å². The number of esters is 1. The summed E-state index contributed by atoms with van der Waals surface area (Å²) in [5.74, 6) is -0.503. The summed E-state index contributed by atoms with van der Waals surface area (Å²) in [6.07, 6.45) is 1.46. The summed E-state index contributed by atoms with van der Waals surface area (Å²) >= 11 is 0. The van der Waals surface area contributed by atoms with E-state index in [2.05, 4.69) is 0 Å². The van der Waals surface area contributed by atoms with E-state index in [1.165, 1.54) is 12.3 Å². The first-order chi connectivity index (χ1) is 7.22. The molecular formula is C11H10O4. The van der Waals surface area contributed by atoms with Crippen LogP contribution in [0.25, 0.3) is 11.0 Å². The standard InChI is InChI=1S/C11H10O4/c1-2-14-11(13)8-5-7-3-4-15-10(7)9(12)6-8/h3-6,12H,2H2,1H3. The molecule has 4 heteroatoms. The van der Waals surface area contributed by atoms with E-state index >= 15 is 0 Å². The fourth-order valence-corrected chi connectivity index (χ4v) is 1.40. The highest BCUT2D eigenvalue weighted by atomic mass is 16.5. The number of ether oxygens (including phenoxy) is 1. The molecule has 15 heavy (non-hydrogen) atoms. The van der Waals surface area contributed by atoms with E-state index in [1.807, 2.05) is 0 Å². The Balaban J connectivity index is 2.49.